The normalized spacial score (nSPS) is 15.6. The van der Waals surface area contributed by atoms with Crippen molar-refractivity contribution in [2.24, 2.45) is 0 Å². The Hall–Kier alpha value is -1.55. The number of aromatic hydroxyl groups is 1. The van der Waals surface area contributed by atoms with Crippen molar-refractivity contribution in [3.05, 3.63) is 29.3 Å². The van der Waals surface area contributed by atoms with Crippen molar-refractivity contribution in [2.45, 2.75) is 38.7 Å². The fraction of sp³-hybridized carbons (Fsp3) is 0.533. The van der Waals surface area contributed by atoms with Crippen LogP contribution < -0.4 is 5.32 Å². The molecule has 1 aromatic carbocycles. The molecule has 1 aliphatic rings. The molecule has 2 rings (SSSR count). The van der Waals surface area contributed by atoms with Gasteiger partial charge in [-0.2, -0.15) is 0 Å². The second-order valence-corrected chi connectivity index (χ2v) is 5.00. The van der Waals surface area contributed by atoms with Gasteiger partial charge in [-0.3, -0.25) is 4.79 Å². The minimum atomic E-state index is -0.253. The summed E-state index contributed by atoms with van der Waals surface area (Å²) in [6, 6.07) is 5.16. The molecule has 1 aliphatic carbocycles. The van der Waals surface area contributed by atoms with Crippen molar-refractivity contribution in [3.8, 4) is 5.75 Å². The van der Waals surface area contributed by atoms with Crippen LogP contribution in [0.5, 0.6) is 5.75 Å². The summed E-state index contributed by atoms with van der Waals surface area (Å²) in [7, 11) is 0. The molecule has 19 heavy (non-hydrogen) atoms. The van der Waals surface area contributed by atoms with Gasteiger partial charge in [0.15, 0.2) is 0 Å². The zero-order chi connectivity index (χ0) is 13.7. The fourth-order valence-corrected chi connectivity index (χ4v) is 2.38. The summed E-state index contributed by atoms with van der Waals surface area (Å²) < 4.78 is 5.67. The van der Waals surface area contributed by atoms with Gasteiger partial charge in [-0.25, -0.2) is 0 Å². The van der Waals surface area contributed by atoms with Crippen LogP contribution >= 0.6 is 0 Å². The second kappa shape index (κ2) is 6.57. The van der Waals surface area contributed by atoms with Gasteiger partial charge in [0.25, 0.3) is 5.91 Å². The van der Waals surface area contributed by atoms with Crippen molar-refractivity contribution in [3.63, 3.8) is 0 Å². The van der Waals surface area contributed by atoms with Gasteiger partial charge in [0.2, 0.25) is 0 Å². The number of para-hydroxylation sites is 1. The largest absolute Gasteiger partial charge is 0.507 e. The summed E-state index contributed by atoms with van der Waals surface area (Å²) in [4.78, 5) is 11.9. The standard InChI is InChI=1S/C15H21NO3/c1-11-5-4-8-13(14(11)17)15(18)16-9-10-19-12-6-2-3-7-12/h4-5,8,12,17H,2-3,6-7,9-10H2,1H3,(H,16,18). The molecule has 1 aromatic rings. The van der Waals surface area contributed by atoms with Gasteiger partial charge in [0.05, 0.1) is 18.3 Å². The van der Waals surface area contributed by atoms with Crippen LogP contribution in [-0.2, 0) is 4.74 Å². The number of ether oxygens (including phenoxy) is 1. The highest BCUT2D eigenvalue weighted by atomic mass is 16.5. The van der Waals surface area contributed by atoms with E-state index in [4.69, 9.17) is 4.74 Å². The van der Waals surface area contributed by atoms with Gasteiger partial charge in [-0.15, -0.1) is 0 Å². The van der Waals surface area contributed by atoms with E-state index >= 15 is 0 Å². The number of hydrogen-bond donors (Lipinski definition) is 2. The molecule has 1 amide bonds. The number of carbonyl (C=O) groups excluding carboxylic acids is 1. The van der Waals surface area contributed by atoms with Crippen molar-refractivity contribution in [2.75, 3.05) is 13.2 Å². The molecule has 4 nitrogen and oxygen atoms in total. The number of rotatable bonds is 5. The minimum Gasteiger partial charge on any atom is -0.507 e. The Labute approximate surface area is 113 Å². The van der Waals surface area contributed by atoms with Crippen LogP contribution in [0.2, 0.25) is 0 Å². The molecule has 0 spiro atoms. The average molecular weight is 263 g/mol. The molecule has 1 fully saturated rings. The highest BCUT2D eigenvalue weighted by Crippen LogP contribution is 2.21. The smallest absolute Gasteiger partial charge is 0.255 e. The highest BCUT2D eigenvalue weighted by Gasteiger charge is 2.15. The van der Waals surface area contributed by atoms with E-state index in [9.17, 15) is 9.90 Å². The predicted molar refractivity (Wildman–Crippen MR) is 73.4 cm³/mol. The molecule has 0 radical (unpaired) electrons. The first-order valence-corrected chi connectivity index (χ1v) is 6.87. The maximum absolute atomic E-state index is 11.9. The maximum Gasteiger partial charge on any atom is 0.255 e. The van der Waals surface area contributed by atoms with E-state index in [-0.39, 0.29) is 11.7 Å². The average Bonchev–Trinajstić information content (AvgIpc) is 2.91. The van der Waals surface area contributed by atoms with E-state index in [1.807, 2.05) is 0 Å². The quantitative estimate of drug-likeness (QED) is 0.802. The van der Waals surface area contributed by atoms with Crippen LogP contribution in [0.15, 0.2) is 18.2 Å². The van der Waals surface area contributed by atoms with Crippen molar-refractivity contribution in [1.82, 2.24) is 5.32 Å². The lowest BCUT2D eigenvalue weighted by Gasteiger charge is -2.12. The lowest BCUT2D eigenvalue weighted by molar-refractivity contribution is 0.0581. The van der Waals surface area contributed by atoms with Gasteiger partial charge < -0.3 is 15.2 Å². The lowest BCUT2D eigenvalue weighted by Crippen LogP contribution is -2.28. The summed E-state index contributed by atoms with van der Waals surface area (Å²) in [6.07, 6.45) is 5.12. The van der Waals surface area contributed by atoms with E-state index in [1.54, 1.807) is 25.1 Å². The van der Waals surface area contributed by atoms with E-state index in [0.29, 0.717) is 30.4 Å². The minimum absolute atomic E-state index is 0.0525. The molecule has 0 bridgehead atoms. The third-order valence-corrected chi connectivity index (χ3v) is 3.53. The Bertz CT molecular complexity index is 439. The predicted octanol–water partition coefficient (Wildman–Crippen LogP) is 2.39. The van der Waals surface area contributed by atoms with Gasteiger partial charge in [-0.05, 0) is 31.4 Å². The zero-order valence-electron chi connectivity index (χ0n) is 11.3. The first-order chi connectivity index (χ1) is 9.18. The van der Waals surface area contributed by atoms with E-state index in [0.717, 1.165) is 12.8 Å². The van der Waals surface area contributed by atoms with E-state index in [2.05, 4.69) is 5.32 Å². The molecular weight excluding hydrogens is 242 g/mol. The van der Waals surface area contributed by atoms with E-state index < -0.39 is 0 Å². The van der Waals surface area contributed by atoms with Crippen molar-refractivity contribution >= 4 is 5.91 Å². The Kier molecular flexibility index (Phi) is 4.80. The Balaban J connectivity index is 1.76. The monoisotopic (exact) mass is 263 g/mol. The van der Waals surface area contributed by atoms with Crippen LogP contribution in [0.1, 0.15) is 41.6 Å². The van der Waals surface area contributed by atoms with Crippen LogP contribution in [-0.4, -0.2) is 30.3 Å². The molecule has 104 valence electrons. The highest BCUT2D eigenvalue weighted by molar-refractivity contribution is 5.97. The summed E-state index contributed by atoms with van der Waals surface area (Å²) in [6.45, 7) is 2.78. The Morgan fingerprint density at radius 2 is 2.16 bits per heavy atom. The van der Waals surface area contributed by atoms with Crippen LogP contribution in [0.3, 0.4) is 0 Å². The number of benzene rings is 1. The van der Waals surface area contributed by atoms with E-state index in [1.165, 1.54) is 12.8 Å². The lowest BCUT2D eigenvalue weighted by atomic mass is 10.1. The molecule has 0 heterocycles. The summed E-state index contributed by atoms with van der Waals surface area (Å²) in [5.74, 6) is -0.201. The van der Waals surface area contributed by atoms with Crippen LogP contribution in [0.25, 0.3) is 0 Å². The molecule has 0 saturated heterocycles. The fourth-order valence-electron chi connectivity index (χ4n) is 2.38. The number of hydrogen-bond acceptors (Lipinski definition) is 3. The van der Waals surface area contributed by atoms with Crippen molar-refractivity contribution < 1.29 is 14.6 Å². The van der Waals surface area contributed by atoms with Gasteiger partial charge in [-0.1, -0.05) is 25.0 Å². The van der Waals surface area contributed by atoms with Crippen molar-refractivity contribution in [1.29, 1.82) is 0 Å². The van der Waals surface area contributed by atoms with Gasteiger partial charge >= 0.3 is 0 Å². The molecule has 4 heteroatoms. The number of carbonyl (C=O) groups is 1. The first kappa shape index (κ1) is 13.9. The maximum atomic E-state index is 11.9. The molecule has 1 saturated carbocycles. The Morgan fingerprint density at radius 3 is 2.89 bits per heavy atom. The number of phenolic OH excluding ortho intramolecular Hbond substituents is 1. The molecular formula is C15H21NO3. The summed E-state index contributed by atoms with van der Waals surface area (Å²) in [5, 5.41) is 12.6. The number of nitrogens with one attached hydrogen (secondary N) is 1. The topological polar surface area (TPSA) is 58.6 Å². The van der Waals surface area contributed by atoms with Gasteiger partial charge in [0.1, 0.15) is 5.75 Å². The first-order valence-electron chi connectivity index (χ1n) is 6.87. The molecule has 0 atom stereocenters. The number of amides is 1. The number of phenols is 1. The third-order valence-electron chi connectivity index (χ3n) is 3.53. The third kappa shape index (κ3) is 3.70. The molecule has 0 aliphatic heterocycles. The second-order valence-electron chi connectivity index (χ2n) is 5.00. The SMILES string of the molecule is Cc1cccc(C(=O)NCCOC2CCCC2)c1O. The molecule has 0 aromatic heterocycles. The summed E-state index contributed by atoms with van der Waals surface area (Å²) in [5.41, 5.74) is 1.02. The van der Waals surface area contributed by atoms with Crippen LogP contribution in [0.4, 0.5) is 0 Å². The number of aryl methyl sites for hydroxylation is 1. The summed E-state index contributed by atoms with van der Waals surface area (Å²) >= 11 is 0. The Morgan fingerprint density at radius 1 is 1.42 bits per heavy atom. The zero-order valence-corrected chi connectivity index (χ0v) is 11.3. The molecule has 2 N–H and O–H groups in total. The van der Waals surface area contributed by atoms with Gasteiger partial charge in [0, 0.05) is 6.54 Å². The molecule has 0 unspecified atom stereocenters. The van der Waals surface area contributed by atoms with Crippen LogP contribution in [0, 0.1) is 6.92 Å².